The van der Waals surface area contributed by atoms with E-state index in [4.69, 9.17) is 12.2 Å². The van der Waals surface area contributed by atoms with E-state index in [1.165, 1.54) is 31.5 Å². The van der Waals surface area contributed by atoms with Crippen LogP contribution in [0.1, 0.15) is 19.8 Å². The number of rotatable bonds is 6. The van der Waals surface area contributed by atoms with Gasteiger partial charge in [0.05, 0.1) is 19.6 Å². The molecule has 1 fully saturated rings. The number of likely N-dealkylation sites (tertiary alicyclic amines) is 1. The summed E-state index contributed by atoms with van der Waals surface area (Å²) in [5.41, 5.74) is 0.741. The molecule has 0 aliphatic carbocycles. The number of hydrogen-bond acceptors (Lipinski definition) is 2. The summed E-state index contributed by atoms with van der Waals surface area (Å²) in [5, 5.41) is 6.83. The summed E-state index contributed by atoms with van der Waals surface area (Å²) in [6.07, 6.45) is 2.49. The molecule has 1 aromatic rings. The van der Waals surface area contributed by atoms with Gasteiger partial charge in [-0.1, -0.05) is 0 Å². The van der Waals surface area contributed by atoms with Gasteiger partial charge in [-0.2, -0.15) is 8.78 Å². The topological polar surface area (TPSA) is 37.7 Å². The van der Waals surface area contributed by atoms with Crippen LogP contribution < -0.4 is 20.3 Å². The fraction of sp³-hybridized carbons (Fsp3) is 0.533. The second kappa shape index (κ2) is 8.24. The molecule has 0 saturated carbocycles. The van der Waals surface area contributed by atoms with E-state index >= 15 is 0 Å². The van der Waals surface area contributed by atoms with Crippen molar-refractivity contribution < 1.29 is 18.4 Å². The van der Waals surface area contributed by atoms with Crippen LogP contribution in [0.15, 0.2) is 24.3 Å². The molecule has 2 atom stereocenters. The average Bonchev–Trinajstić information content (AvgIpc) is 2.94. The van der Waals surface area contributed by atoms with Crippen molar-refractivity contribution in [1.29, 1.82) is 0 Å². The van der Waals surface area contributed by atoms with Gasteiger partial charge < -0.3 is 20.3 Å². The molecule has 1 heterocycles. The zero-order valence-corrected chi connectivity index (χ0v) is 13.4. The van der Waals surface area contributed by atoms with E-state index in [1.54, 1.807) is 17.0 Å². The molecule has 4 nitrogen and oxygen atoms in total. The highest BCUT2D eigenvalue weighted by atomic mass is 32.1. The van der Waals surface area contributed by atoms with E-state index in [9.17, 15) is 8.78 Å². The van der Waals surface area contributed by atoms with Crippen LogP contribution in [-0.2, 0) is 0 Å². The summed E-state index contributed by atoms with van der Waals surface area (Å²) >= 11 is 5.27. The van der Waals surface area contributed by atoms with Gasteiger partial charge in [-0.3, -0.25) is 0 Å². The third-order valence-corrected chi connectivity index (χ3v) is 4.17. The van der Waals surface area contributed by atoms with Crippen LogP contribution in [0.5, 0.6) is 5.75 Å². The lowest BCUT2D eigenvalue weighted by Gasteiger charge is -2.21. The van der Waals surface area contributed by atoms with Crippen molar-refractivity contribution in [2.45, 2.75) is 32.4 Å². The number of likely N-dealkylation sites (N-methyl/N-ethyl adjacent to an activating group) is 1. The minimum atomic E-state index is -2.81. The molecule has 0 radical (unpaired) electrons. The smallest absolute Gasteiger partial charge is 0.387 e. The van der Waals surface area contributed by atoms with Gasteiger partial charge in [0.15, 0.2) is 5.11 Å². The normalized spacial score (nSPS) is 20.9. The first-order valence-electron chi connectivity index (χ1n) is 7.52. The summed E-state index contributed by atoms with van der Waals surface area (Å²) in [5.74, 6) is 0.132. The molecule has 7 heteroatoms. The number of ether oxygens (including phenoxy) is 1. The highest BCUT2D eigenvalue weighted by Gasteiger charge is 2.26. The number of halogens is 2. The maximum absolute atomic E-state index is 12.1. The van der Waals surface area contributed by atoms with Gasteiger partial charge in [-0.15, -0.1) is 0 Å². The van der Waals surface area contributed by atoms with Crippen LogP contribution in [0, 0.1) is 0 Å². The molecule has 1 unspecified atom stereocenters. The van der Waals surface area contributed by atoms with Crippen molar-refractivity contribution in [2.75, 3.05) is 25.0 Å². The fourth-order valence-corrected chi connectivity index (χ4v) is 3.01. The standard InChI is InChI=1S/C15H21F2N3OS/c1-2-20-9-3-4-12(20)10-18-15(22)19-11-5-7-13(8-6-11)21-14(16)17/h5-8,12,14H,2-4,9-10H2,1H3,(H2,18,19,22)/p+1/t12-/m0/s1. The Hall–Kier alpha value is -1.47. The van der Waals surface area contributed by atoms with E-state index in [2.05, 4.69) is 22.3 Å². The zero-order valence-electron chi connectivity index (χ0n) is 12.6. The Labute approximate surface area is 134 Å². The summed E-state index contributed by atoms with van der Waals surface area (Å²) in [6.45, 7) is 2.61. The Balaban J connectivity index is 1.77. The number of quaternary nitrogens is 1. The van der Waals surface area contributed by atoms with Crippen molar-refractivity contribution in [2.24, 2.45) is 0 Å². The fourth-order valence-electron chi connectivity index (χ4n) is 2.81. The second-order valence-corrected chi connectivity index (χ2v) is 5.75. The molecule has 1 aromatic carbocycles. The van der Waals surface area contributed by atoms with Crippen LogP contribution in [-0.4, -0.2) is 37.4 Å². The number of thiocarbonyl (C=S) groups is 1. The minimum Gasteiger partial charge on any atom is -0.435 e. The molecule has 2 rings (SSSR count). The van der Waals surface area contributed by atoms with Gasteiger partial charge in [0.2, 0.25) is 0 Å². The van der Waals surface area contributed by atoms with E-state index in [-0.39, 0.29) is 5.75 Å². The Kier molecular flexibility index (Phi) is 6.33. The first-order valence-corrected chi connectivity index (χ1v) is 7.93. The van der Waals surface area contributed by atoms with Crippen molar-refractivity contribution in [3.8, 4) is 5.75 Å². The van der Waals surface area contributed by atoms with Crippen LogP contribution in [0.2, 0.25) is 0 Å². The SMILES string of the molecule is CC[NH+]1CCC[C@H]1CNC(=S)Nc1ccc(OC(F)F)cc1. The van der Waals surface area contributed by atoms with E-state index < -0.39 is 6.61 Å². The molecule has 1 saturated heterocycles. The molecule has 22 heavy (non-hydrogen) atoms. The first-order chi connectivity index (χ1) is 10.6. The molecule has 0 bridgehead atoms. The second-order valence-electron chi connectivity index (χ2n) is 5.34. The number of hydrogen-bond donors (Lipinski definition) is 3. The Morgan fingerprint density at radius 1 is 1.41 bits per heavy atom. The predicted molar refractivity (Wildman–Crippen MR) is 86.7 cm³/mol. The van der Waals surface area contributed by atoms with E-state index in [1.807, 2.05) is 0 Å². The quantitative estimate of drug-likeness (QED) is 0.694. The van der Waals surface area contributed by atoms with Gasteiger partial charge in [-0.25, -0.2) is 0 Å². The third-order valence-electron chi connectivity index (χ3n) is 3.93. The summed E-state index contributed by atoms with van der Waals surface area (Å²) < 4.78 is 28.4. The maximum atomic E-state index is 12.1. The number of nitrogens with one attached hydrogen (secondary N) is 3. The van der Waals surface area contributed by atoms with Crippen LogP contribution in [0.25, 0.3) is 0 Å². The lowest BCUT2D eigenvalue weighted by Crippen LogP contribution is -3.14. The van der Waals surface area contributed by atoms with Crippen LogP contribution >= 0.6 is 12.2 Å². The zero-order chi connectivity index (χ0) is 15.9. The van der Waals surface area contributed by atoms with E-state index in [0.29, 0.717) is 11.2 Å². The summed E-state index contributed by atoms with van der Waals surface area (Å²) in [6, 6.07) is 6.88. The molecule has 0 aromatic heterocycles. The monoisotopic (exact) mass is 330 g/mol. The molecule has 122 valence electrons. The van der Waals surface area contributed by atoms with Crippen molar-refractivity contribution in [1.82, 2.24) is 5.32 Å². The average molecular weight is 330 g/mol. The van der Waals surface area contributed by atoms with Gasteiger partial charge >= 0.3 is 6.61 Å². The number of alkyl halides is 2. The Morgan fingerprint density at radius 3 is 2.77 bits per heavy atom. The Morgan fingerprint density at radius 2 is 2.14 bits per heavy atom. The van der Waals surface area contributed by atoms with Gasteiger partial charge in [-0.05, 0) is 43.4 Å². The highest BCUT2D eigenvalue weighted by Crippen LogP contribution is 2.17. The summed E-state index contributed by atoms with van der Waals surface area (Å²) in [7, 11) is 0. The lowest BCUT2D eigenvalue weighted by atomic mass is 10.2. The minimum absolute atomic E-state index is 0.132. The molecule has 3 N–H and O–H groups in total. The first kappa shape index (κ1) is 16.9. The van der Waals surface area contributed by atoms with Gasteiger partial charge in [0, 0.05) is 18.5 Å². The Bertz CT molecular complexity index is 484. The van der Waals surface area contributed by atoms with Gasteiger partial charge in [0.25, 0.3) is 0 Å². The highest BCUT2D eigenvalue weighted by molar-refractivity contribution is 7.80. The molecule has 1 aliphatic rings. The molecular weight excluding hydrogens is 308 g/mol. The molecule has 0 spiro atoms. The predicted octanol–water partition coefficient (Wildman–Crippen LogP) is 1.64. The molecular formula is C15H22F2N3OS+. The summed E-state index contributed by atoms with van der Waals surface area (Å²) in [4.78, 5) is 1.61. The largest absolute Gasteiger partial charge is 0.435 e. The van der Waals surface area contributed by atoms with Gasteiger partial charge in [0.1, 0.15) is 11.8 Å². The molecule has 1 aliphatic heterocycles. The van der Waals surface area contributed by atoms with Crippen molar-refractivity contribution in [3.63, 3.8) is 0 Å². The van der Waals surface area contributed by atoms with Crippen molar-refractivity contribution >= 4 is 23.0 Å². The lowest BCUT2D eigenvalue weighted by molar-refractivity contribution is -0.909. The number of benzene rings is 1. The maximum Gasteiger partial charge on any atom is 0.387 e. The van der Waals surface area contributed by atoms with Crippen molar-refractivity contribution in [3.05, 3.63) is 24.3 Å². The van der Waals surface area contributed by atoms with Crippen LogP contribution in [0.4, 0.5) is 14.5 Å². The molecule has 0 amide bonds. The third kappa shape index (κ3) is 5.06. The number of anilines is 1. The van der Waals surface area contributed by atoms with E-state index in [0.717, 1.165) is 18.8 Å². The van der Waals surface area contributed by atoms with Crippen LogP contribution in [0.3, 0.4) is 0 Å².